The van der Waals surface area contributed by atoms with Gasteiger partial charge in [-0.3, -0.25) is 4.79 Å². The zero-order valence-corrected chi connectivity index (χ0v) is 10.9. The quantitative estimate of drug-likeness (QED) is 0.767. The number of hydrogen-bond acceptors (Lipinski definition) is 5. The summed E-state index contributed by atoms with van der Waals surface area (Å²) in [6.07, 6.45) is 0.523. The summed E-state index contributed by atoms with van der Waals surface area (Å²) in [5.74, 6) is 0.419. The maximum Gasteiger partial charge on any atom is 0.239 e. The number of sulfone groups is 1. The number of aromatic nitrogens is 2. The second kappa shape index (κ2) is 4.69. The predicted octanol–water partition coefficient (Wildman–Crippen LogP) is -0.552. The zero-order valence-electron chi connectivity index (χ0n) is 10.1. The van der Waals surface area contributed by atoms with Gasteiger partial charge in [-0.2, -0.15) is 5.10 Å². The van der Waals surface area contributed by atoms with Crippen molar-refractivity contribution in [3.63, 3.8) is 0 Å². The number of nitrogens with two attached hydrogens (primary N) is 1. The minimum absolute atomic E-state index is 0.0691. The fourth-order valence-electron chi connectivity index (χ4n) is 2.05. The van der Waals surface area contributed by atoms with Gasteiger partial charge in [-0.15, -0.1) is 0 Å². The Labute approximate surface area is 105 Å². The number of nitrogens with zero attached hydrogens (tertiary/aromatic N) is 2. The van der Waals surface area contributed by atoms with E-state index in [1.807, 2.05) is 0 Å². The van der Waals surface area contributed by atoms with E-state index in [4.69, 9.17) is 5.73 Å². The Hall–Kier alpha value is -1.41. The van der Waals surface area contributed by atoms with E-state index in [0.717, 1.165) is 5.69 Å². The number of anilines is 1. The Kier molecular flexibility index (Phi) is 3.40. The molecule has 0 aliphatic carbocycles. The van der Waals surface area contributed by atoms with Crippen LogP contribution in [0, 0.1) is 6.92 Å². The van der Waals surface area contributed by atoms with Gasteiger partial charge in [0.05, 0.1) is 29.8 Å². The molecule has 1 fully saturated rings. The van der Waals surface area contributed by atoms with E-state index < -0.39 is 9.84 Å². The lowest BCUT2D eigenvalue weighted by Gasteiger charge is -2.13. The van der Waals surface area contributed by atoms with Crippen molar-refractivity contribution in [1.82, 2.24) is 9.78 Å². The first-order valence-electron chi connectivity index (χ1n) is 5.68. The van der Waals surface area contributed by atoms with Crippen molar-refractivity contribution in [2.75, 3.05) is 23.4 Å². The van der Waals surface area contributed by atoms with Crippen LogP contribution in [0.3, 0.4) is 0 Å². The van der Waals surface area contributed by atoms with Crippen molar-refractivity contribution < 1.29 is 13.2 Å². The third-order valence-electron chi connectivity index (χ3n) is 2.87. The van der Waals surface area contributed by atoms with Gasteiger partial charge in [0, 0.05) is 6.07 Å². The van der Waals surface area contributed by atoms with Gasteiger partial charge in [-0.25, -0.2) is 13.1 Å². The van der Waals surface area contributed by atoms with E-state index in [1.54, 1.807) is 17.7 Å². The lowest BCUT2D eigenvalue weighted by Crippen LogP contribution is -2.25. The van der Waals surface area contributed by atoms with E-state index in [1.165, 1.54) is 0 Å². The normalized spacial score (nSPS) is 22.0. The monoisotopic (exact) mass is 272 g/mol. The minimum Gasteiger partial charge on any atom is -0.322 e. The number of amides is 1. The van der Waals surface area contributed by atoms with Gasteiger partial charge < -0.3 is 11.1 Å². The predicted molar refractivity (Wildman–Crippen MR) is 67.0 cm³/mol. The van der Waals surface area contributed by atoms with Gasteiger partial charge in [-0.1, -0.05) is 0 Å². The van der Waals surface area contributed by atoms with Crippen LogP contribution in [0.5, 0.6) is 0 Å². The van der Waals surface area contributed by atoms with Crippen molar-refractivity contribution in [3.8, 4) is 0 Å². The Balaban J connectivity index is 2.25. The average molecular weight is 272 g/mol. The Bertz CT molecular complexity index is 564. The zero-order chi connectivity index (χ0) is 13.3. The van der Waals surface area contributed by atoms with E-state index in [2.05, 4.69) is 10.4 Å². The van der Waals surface area contributed by atoms with Crippen LogP contribution < -0.4 is 11.1 Å². The van der Waals surface area contributed by atoms with Gasteiger partial charge in [0.15, 0.2) is 9.84 Å². The van der Waals surface area contributed by atoms with Crippen LogP contribution in [0.1, 0.15) is 18.2 Å². The number of rotatable bonds is 3. The maximum atomic E-state index is 11.5. The Morgan fingerprint density at radius 3 is 2.94 bits per heavy atom. The van der Waals surface area contributed by atoms with Crippen molar-refractivity contribution >= 4 is 21.6 Å². The minimum atomic E-state index is -2.98. The number of nitrogens with one attached hydrogen (secondary N) is 1. The molecule has 1 aromatic heterocycles. The molecule has 100 valence electrons. The molecule has 2 heterocycles. The summed E-state index contributed by atoms with van der Waals surface area (Å²) in [5.41, 5.74) is 5.96. The van der Waals surface area contributed by atoms with E-state index in [9.17, 15) is 13.2 Å². The summed E-state index contributed by atoms with van der Waals surface area (Å²) in [6, 6.07) is 1.50. The number of carbonyl (C=O) groups is 1. The maximum absolute atomic E-state index is 11.5. The summed E-state index contributed by atoms with van der Waals surface area (Å²) < 4.78 is 24.5. The number of carbonyl (C=O) groups excluding carboxylic acids is 1. The molecule has 0 aromatic carbocycles. The molecule has 1 aliphatic heterocycles. The number of aryl methyl sites for hydroxylation is 1. The summed E-state index contributed by atoms with van der Waals surface area (Å²) in [4.78, 5) is 11.3. The van der Waals surface area contributed by atoms with Crippen molar-refractivity contribution in [1.29, 1.82) is 0 Å². The van der Waals surface area contributed by atoms with Crippen LogP contribution in [-0.2, 0) is 14.6 Å². The Morgan fingerprint density at radius 1 is 1.67 bits per heavy atom. The third-order valence-corrected chi connectivity index (χ3v) is 4.62. The van der Waals surface area contributed by atoms with Crippen LogP contribution in [0.15, 0.2) is 6.07 Å². The molecule has 7 nitrogen and oxygen atoms in total. The first-order chi connectivity index (χ1) is 8.41. The summed E-state index contributed by atoms with van der Waals surface area (Å²) >= 11 is 0. The van der Waals surface area contributed by atoms with Gasteiger partial charge >= 0.3 is 0 Å². The van der Waals surface area contributed by atoms with Crippen LogP contribution in [0.25, 0.3) is 0 Å². The van der Waals surface area contributed by atoms with E-state index >= 15 is 0 Å². The van der Waals surface area contributed by atoms with Crippen LogP contribution in [-0.4, -0.2) is 42.2 Å². The highest BCUT2D eigenvalue weighted by Gasteiger charge is 2.31. The van der Waals surface area contributed by atoms with Crippen LogP contribution in [0.4, 0.5) is 5.82 Å². The summed E-state index contributed by atoms with van der Waals surface area (Å²) in [5, 5.41) is 6.87. The van der Waals surface area contributed by atoms with Crippen molar-refractivity contribution in [2.24, 2.45) is 5.73 Å². The largest absolute Gasteiger partial charge is 0.322 e. The second-order valence-electron chi connectivity index (χ2n) is 4.42. The van der Waals surface area contributed by atoms with Gasteiger partial charge in [0.25, 0.3) is 0 Å². The average Bonchev–Trinajstić information content (AvgIpc) is 2.81. The molecule has 2 rings (SSSR count). The molecule has 1 aromatic rings. The van der Waals surface area contributed by atoms with Crippen LogP contribution >= 0.6 is 0 Å². The standard InChI is InChI=1S/C10H16N4O3S/c1-7-4-9(12-10(15)5-11)14(13-7)8-2-3-18(16,17)6-8/h4,8H,2-3,5-6,11H2,1H3,(H,12,15)/t8-/m0/s1. The molecule has 0 spiro atoms. The molecule has 0 saturated carbocycles. The molecular weight excluding hydrogens is 256 g/mol. The van der Waals surface area contributed by atoms with Gasteiger partial charge in [0.1, 0.15) is 5.82 Å². The van der Waals surface area contributed by atoms with E-state index in [0.29, 0.717) is 12.2 Å². The van der Waals surface area contributed by atoms with Crippen molar-refractivity contribution in [2.45, 2.75) is 19.4 Å². The smallest absolute Gasteiger partial charge is 0.239 e. The molecule has 1 amide bonds. The molecule has 8 heteroatoms. The van der Waals surface area contributed by atoms with Crippen LogP contribution in [0.2, 0.25) is 0 Å². The SMILES string of the molecule is Cc1cc(NC(=O)CN)n([C@H]2CCS(=O)(=O)C2)n1. The third kappa shape index (κ3) is 2.70. The first kappa shape index (κ1) is 13.0. The topological polar surface area (TPSA) is 107 Å². The van der Waals surface area contributed by atoms with Gasteiger partial charge in [0.2, 0.25) is 5.91 Å². The fraction of sp³-hybridized carbons (Fsp3) is 0.600. The fourth-order valence-corrected chi connectivity index (χ4v) is 3.74. The second-order valence-corrected chi connectivity index (χ2v) is 6.65. The summed E-state index contributed by atoms with van der Waals surface area (Å²) in [6.45, 7) is 1.67. The highest BCUT2D eigenvalue weighted by Crippen LogP contribution is 2.26. The molecule has 0 unspecified atom stereocenters. The molecule has 1 atom stereocenters. The molecule has 1 aliphatic rings. The molecular formula is C10H16N4O3S. The van der Waals surface area contributed by atoms with Gasteiger partial charge in [-0.05, 0) is 13.3 Å². The Morgan fingerprint density at radius 2 is 2.39 bits per heavy atom. The lowest BCUT2D eigenvalue weighted by molar-refractivity contribution is -0.114. The lowest BCUT2D eigenvalue weighted by atomic mass is 10.3. The van der Waals surface area contributed by atoms with E-state index in [-0.39, 0.29) is 30.0 Å². The molecule has 0 radical (unpaired) electrons. The van der Waals surface area contributed by atoms with Crippen molar-refractivity contribution in [3.05, 3.63) is 11.8 Å². The molecule has 1 saturated heterocycles. The highest BCUT2D eigenvalue weighted by molar-refractivity contribution is 7.91. The first-order valence-corrected chi connectivity index (χ1v) is 7.50. The molecule has 3 N–H and O–H groups in total. The molecule has 0 bridgehead atoms. The molecule has 18 heavy (non-hydrogen) atoms. The number of hydrogen-bond donors (Lipinski definition) is 2. The highest BCUT2D eigenvalue weighted by atomic mass is 32.2. The summed E-state index contributed by atoms with van der Waals surface area (Å²) in [7, 11) is -2.98.